The molecule has 1 aliphatic rings. The molecular weight excluding hydrogens is 634 g/mol. The van der Waals surface area contributed by atoms with Gasteiger partial charge in [-0.05, 0) is 56.2 Å². The van der Waals surface area contributed by atoms with Crippen LogP contribution < -0.4 is 21.1 Å². The van der Waals surface area contributed by atoms with Crippen LogP contribution >= 0.6 is 0 Å². The topological polar surface area (TPSA) is 171 Å². The van der Waals surface area contributed by atoms with E-state index >= 15 is 0 Å². The molecule has 0 spiro atoms. The predicted molar refractivity (Wildman–Crippen MR) is 185 cm³/mol. The number of carbonyl (C=O) groups is 3. The average Bonchev–Trinajstić information content (AvgIpc) is 3.07. The number of nitrogens with two attached hydrogens (primary N) is 1. The van der Waals surface area contributed by atoms with Crippen molar-refractivity contribution in [2.75, 3.05) is 43.1 Å². The number of rotatable bonds is 14. The monoisotopic (exact) mass is 679 g/mol. The number of aliphatic hydroxyl groups is 1. The Morgan fingerprint density at radius 3 is 2.21 bits per heavy atom. The van der Waals surface area contributed by atoms with Gasteiger partial charge < -0.3 is 31.1 Å². The highest BCUT2D eigenvalue weighted by molar-refractivity contribution is 7.89. The molecule has 0 saturated carbocycles. The van der Waals surface area contributed by atoms with Crippen LogP contribution in [0.15, 0.2) is 77.7 Å². The first-order valence-electron chi connectivity index (χ1n) is 16.1. The molecule has 5 N–H and O–H groups in total. The minimum Gasteiger partial charge on any atom is -0.486 e. The number of unbranched alkanes of at least 4 members (excludes halogenated alkanes) is 2. The lowest BCUT2D eigenvalue weighted by Gasteiger charge is -2.38. The van der Waals surface area contributed by atoms with E-state index in [1.165, 1.54) is 23.5 Å². The molecular formula is C35H45N5O7S. The molecule has 0 bridgehead atoms. The Labute approximate surface area is 282 Å². The number of para-hydroxylation sites is 3. The Balaban J connectivity index is 1.46. The molecule has 3 aromatic carbocycles. The van der Waals surface area contributed by atoms with E-state index in [-0.39, 0.29) is 78.1 Å². The van der Waals surface area contributed by atoms with Gasteiger partial charge in [-0.3, -0.25) is 14.4 Å². The van der Waals surface area contributed by atoms with Gasteiger partial charge >= 0.3 is 0 Å². The van der Waals surface area contributed by atoms with Gasteiger partial charge in [0.15, 0.2) is 5.75 Å². The summed E-state index contributed by atoms with van der Waals surface area (Å²) in [7, 11) is -2.36. The van der Waals surface area contributed by atoms with Crippen LogP contribution in [0.25, 0.3) is 0 Å². The molecule has 3 atom stereocenters. The Kier molecular flexibility index (Phi) is 12.6. The van der Waals surface area contributed by atoms with Gasteiger partial charge in [-0.1, -0.05) is 49.7 Å². The van der Waals surface area contributed by atoms with Crippen LogP contribution in [0.5, 0.6) is 5.75 Å². The van der Waals surface area contributed by atoms with Crippen LogP contribution in [0.3, 0.4) is 0 Å². The third-order valence-corrected chi connectivity index (χ3v) is 10.2. The highest BCUT2D eigenvalue weighted by atomic mass is 32.2. The molecule has 12 nitrogen and oxygen atoms in total. The van der Waals surface area contributed by atoms with Crippen molar-refractivity contribution in [2.24, 2.45) is 5.92 Å². The van der Waals surface area contributed by atoms with Gasteiger partial charge in [0.1, 0.15) is 6.10 Å². The number of nitrogen functional groups attached to an aromatic ring is 1. The van der Waals surface area contributed by atoms with Gasteiger partial charge in [-0.25, -0.2) is 8.42 Å². The number of carbonyl (C=O) groups excluding carboxylic acids is 3. The number of fused-ring (bicyclic) bond motifs is 1. The fraction of sp³-hybridized carbons (Fsp3) is 0.400. The van der Waals surface area contributed by atoms with E-state index in [0.29, 0.717) is 30.6 Å². The number of amides is 3. The van der Waals surface area contributed by atoms with Gasteiger partial charge in [-0.15, -0.1) is 0 Å². The van der Waals surface area contributed by atoms with Crippen LogP contribution in [0.4, 0.5) is 17.1 Å². The summed E-state index contributed by atoms with van der Waals surface area (Å²) >= 11 is 0. The zero-order valence-electron chi connectivity index (χ0n) is 27.6. The summed E-state index contributed by atoms with van der Waals surface area (Å²) in [5, 5.41) is 15.6. The summed E-state index contributed by atoms with van der Waals surface area (Å²) in [6.07, 6.45) is 1.52. The van der Waals surface area contributed by atoms with E-state index < -0.39 is 22.2 Å². The molecule has 4 rings (SSSR count). The summed E-state index contributed by atoms with van der Waals surface area (Å²) < 4.78 is 34.4. The van der Waals surface area contributed by atoms with E-state index in [1.54, 1.807) is 72.5 Å². The maximum atomic E-state index is 13.8. The smallest absolute Gasteiger partial charge is 0.258 e. The van der Waals surface area contributed by atoms with Crippen LogP contribution in [0.2, 0.25) is 0 Å². The van der Waals surface area contributed by atoms with Crippen LogP contribution in [0.1, 0.15) is 56.3 Å². The molecule has 1 heterocycles. The van der Waals surface area contributed by atoms with E-state index in [2.05, 4.69) is 10.6 Å². The molecule has 0 saturated heterocycles. The highest BCUT2D eigenvalue weighted by Crippen LogP contribution is 2.35. The number of anilines is 3. The molecule has 48 heavy (non-hydrogen) atoms. The van der Waals surface area contributed by atoms with Crippen molar-refractivity contribution in [2.45, 2.75) is 63.0 Å². The van der Waals surface area contributed by atoms with E-state index in [4.69, 9.17) is 10.5 Å². The number of aliphatic hydroxyl groups excluding tert-OH is 1. The number of likely N-dealkylation sites (N-methyl/N-ethyl adjacent to an activating group) is 1. The fourth-order valence-corrected chi connectivity index (χ4v) is 6.67. The van der Waals surface area contributed by atoms with Gasteiger partial charge in [0, 0.05) is 32.4 Å². The molecule has 3 aromatic rings. The molecule has 258 valence electrons. The van der Waals surface area contributed by atoms with Gasteiger partial charge in [-0.2, -0.15) is 4.31 Å². The lowest BCUT2D eigenvalue weighted by molar-refractivity contribution is -0.116. The number of ether oxygens (including phenoxy) is 1. The Morgan fingerprint density at radius 2 is 1.56 bits per heavy atom. The third-order valence-electron chi connectivity index (χ3n) is 8.40. The Hall–Kier alpha value is -4.46. The zero-order chi connectivity index (χ0) is 34.8. The lowest BCUT2D eigenvalue weighted by atomic mass is 9.99. The van der Waals surface area contributed by atoms with E-state index in [9.17, 15) is 27.9 Å². The second-order valence-corrected chi connectivity index (χ2v) is 14.2. The van der Waals surface area contributed by atoms with Crippen molar-refractivity contribution in [3.63, 3.8) is 0 Å². The average molecular weight is 680 g/mol. The van der Waals surface area contributed by atoms with Crippen molar-refractivity contribution >= 4 is 44.8 Å². The van der Waals surface area contributed by atoms with Crippen molar-refractivity contribution in [1.82, 2.24) is 9.21 Å². The normalized spacial score (nSPS) is 17.1. The molecule has 3 amide bonds. The Morgan fingerprint density at radius 1 is 0.958 bits per heavy atom. The zero-order valence-corrected chi connectivity index (χ0v) is 28.4. The number of nitrogens with zero attached hydrogens (tertiary/aromatic N) is 2. The van der Waals surface area contributed by atoms with Crippen molar-refractivity contribution in [3.8, 4) is 5.75 Å². The largest absolute Gasteiger partial charge is 0.486 e. The number of hydrogen-bond donors (Lipinski definition) is 4. The maximum Gasteiger partial charge on any atom is 0.258 e. The lowest BCUT2D eigenvalue weighted by Crippen LogP contribution is -2.50. The molecule has 13 heteroatoms. The van der Waals surface area contributed by atoms with Gasteiger partial charge in [0.25, 0.3) is 5.91 Å². The van der Waals surface area contributed by atoms with Crippen molar-refractivity contribution in [3.05, 3.63) is 78.4 Å². The number of nitrogens with one attached hydrogen (secondary N) is 2. The second kappa shape index (κ2) is 16.6. The number of benzene rings is 3. The van der Waals surface area contributed by atoms with Crippen molar-refractivity contribution < 1.29 is 32.6 Å². The SMILES string of the molecule is C[C@H](CO)N1C[C@H](C)[C@@H](CN(C)S(=O)(=O)c2ccccc2)Oc2c(NC(=O)CCCCCC(=O)Nc3ccccc3N)cccc2C1=O. The highest BCUT2D eigenvalue weighted by Gasteiger charge is 2.36. The first-order valence-corrected chi connectivity index (χ1v) is 17.5. The molecule has 1 aliphatic heterocycles. The predicted octanol–water partition coefficient (Wildman–Crippen LogP) is 4.34. The third kappa shape index (κ3) is 9.12. The molecule has 0 fully saturated rings. The first kappa shape index (κ1) is 36.4. The van der Waals surface area contributed by atoms with Crippen LogP contribution in [0, 0.1) is 5.92 Å². The van der Waals surface area contributed by atoms with Crippen LogP contribution in [-0.4, -0.2) is 79.3 Å². The quantitative estimate of drug-likeness (QED) is 0.144. The Bertz CT molecular complexity index is 1690. The summed E-state index contributed by atoms with van der Waals surface area (Å²) in [4.78, 5) is 40.8. The minimum atomic E-state index is -3.84. The molecule has 0 aromatic heterocycles. The van der Waals surface area contributed by atoms with E-state index in [1.807, 2.05) is 6.92 Å². The minimum absolute atomic E-state index is 0.0277. The second-order valence-electron chi connectivity index (χ2n) is 12.1. The van der Waals surface area contributed by atoms with Gasteiger partial charge in [0.05, 0.1) is 46.7 Å². The standard InChI is InChI=1S/C35H45N5O7S/c1-24-21-40(25(2)23-41)35(44)27-15-12-18-30(34(27)47-31(24)22-39(3)48(45,46)26-13-6-4-7-14-26)38-33(43)20-9-5-8-19-32(42)37-29-17-11-10-16-28(29)36/h4,6-7,10-18,24-25,31,41H,5,8-9,19-23,36H2,1-3H3,(H,37,42)(H,38,43)/t24-,25+,31+/m0/s1. The first-order chi connectivity index (χ1) is 22.9. The van der Waals surface area contributed by atoms with Crippen molar-refractivity contribution in [1.29, 1.82) is 0 Å². The fourth-order valence-electron chi connectivity index (χ4n) is 5.47. The molecule has 0 unspecified atom stereocenters. The molecule has 0 radical (unpaired) electrons. The summed E-state index contributed by atoms with van der Waals surface area (Å²) in [5.41, 5.74) is 7.42. The van der Waals surface area contributed by atoms with Gasteiger partial charge in [0.2, 0.25) is 21.8 Å². The maximum absolute atomic E-state index is 13.8. The summed E-state index contributed by atoms with van der Waals surface area (Å²) in [6, 6.07) is 19.5. The molecule has 0 aliphatic carbocycles. The summed E-state index contributed by atoms with van der Waals surface area (Å²) in [6.45, 7) is 3.52. The van der Waals surface area contributed by atoms with E-state index in [0.717, 1.165) is 0 Å². The summed E-state index contributed by atoms with van der Waals surface area (Å²) in [5.74, 6) is -1.02. The van der Waals surface area contributed by atoms with Crippen LogP contribution in [-0.2, 0) is 19.6 Å². The number of sulfonamides is 1. The number of hydrogen-bond acceptors (Lipinski definition) is 8.